The van der Waals surface area contributed by atoms with Crippen molar-refractivity contribution in [3.8, 4) is 16.8 Å². The van der Waals surface area contributed by atoms with E-state index >= 15 is 0 Å². The van der Waals surface area contributed by atoms with Crippen LogP contribution < -0.4 is 5.73 Å². The van der Waals surface area contributed by atoms with E-state index in [1.54, 1.807) is 16.9 Å². The lowest BCUT2D eigenvalue weighted by Gasteiger charge is -2.03. The van der Waals surface area contributed by atoms with Crippen LogP contribution in [-0.2, 0) is 0 Å². The van der Waals surface area contributed by atoms with Crippen LogP contribution in [0.1, 0.15) is 5.69 Å². The molecule has 0 saturated carbocycles. The lowest BCUT2D eigenvalue weighted by molar-refractivity contribution is 0.877. The number of nitrogen functional groups attached to an aromatic ring is 1. The lowest BCUT2D eigenvalue weighted by atomic mass is 10.1. The van der Waals surface area contributed by atoms with Crippen LogP contribution >= 0.6 is 0 Å². The summed E-state index contributed by atoms with van der Waals surface area (Å²) in [6.07, 6.45) is 5.37. The summed E-state index contributed by atoms with van der Waals surface area (Å²) in [5.41, 5.74) is 8.86. The van der Waals surface area contributed by atoms with Gasteiger partial charge < -0.3 is 5.73 Å². The number of benzene rings is 1. The van der Waals surface area contributed by atoms with E-state index in [0.717, 1.165) is 16.8 Å². The Labute approximate surface area is 116 Å². The van der Waals surface area contributed by atoms with Gasteiger partial charge in [0.1, 0.15) is 11.5 Å². The van der Waals surface area contributed by atoms with Gasteiger partial charge in [0.15, 0.2) is 0 Å². The summed E-state index contributed by atoms with van der Waals surface area (Å²) >= 11 is 0. The van der Waals surface area contributed by atoms with Gasteiger partial charge in [-0.2, -0.15) is 5.10 Å². The molecule has 3 N–H and O–H groups in total. The molecule has 0 aliphatic heterocycles. The smallest absolute Gasteiger partial charge is 0.141 e. The molecule has 2 aromatic heterocycles. The fraction of sp³-hybridized carbons (Fsp3) is 0. The molecule has 3 rings (SSSR count). The van der Waals surface area contributed by atoms with E-state index in [-0.39, 0.29) is 5.84 Å². The molecule has 0 aliphatic carbocycles. The first kappa shape index (κ1) is 12.1. The molecular weight excluding hydrogens is 250 g/mol. The average molecular weight is 263 g/mol. The summed E-state index contributed by atoms with van der Waals surface area (Å²) < 4.78 is 1.75. The lowest BCUT2D eigenvalue weighted by Crippen LogP contribution is -2.13. The van der Waals surface area contributed by atoms with E-state index in [2.05, 4.69) is 10.1 Å². The Morgan fingerprint density at radius 1 is 1.10 bits per heavy atom. The van der Waals surface area contributed by atoms with Crippen LogP contribution in [0.5, 0.6) is 0 Å². The summed E-state index contributed by atoms with van der Waals surface area (Å²) in [6, 6.07) is 13.6. The van der Waals surface area contributed by atoms with Crippen molar-refractivity contribution in [2.45, 2.75) is 0 Å². The Balaban J connectivity index is 1.98. The minimum absolute atomic E-state index is 0.0534. The molecule has 98 valence electrons. The van der Waals surface area contributed by atoms with Gasteiger partial charge in [-0.1, -0.05) is 30.3 Å². The minimum Gasteiger partial charge on any atom is -0.382 e. The minimum atomic E-state index is -0.0534. The maximum absolute atomic E-state index is 7.42. The number of rotatable bonds is 3. The van der Waals surface area contributed by atoms with Crippen LogP contribution in [0.15, 0.2) is 61.1 Å². The Morgan fingerprint density at radius 2 is 1.90 bits per heavy atom. The number of nitrogens with two attached hydrogens (primary N) is 1. The normalized spacial score (nSPS) is 10.4. The van der Waals surface area contributed by atoms with Crippen molar-refractivity contribution in [2.75, 3.05) is 0 Å². The van der Waals surface area contributed by atoms with Crippen molar-refractivity contribution in [1.82, 2.24) is 14.8 Å². The van der Waals surface area contributed by atoms with Crippen molar-refractivity contribution >= 4 is 5.84 Å². The zero-order valence-electron chi connectivity index (χ0n) is 10.7. The van der Waals surface area contributed by atoms with Crippen molar-refractivity contribution in [3.05, 3.63) is 66.7 Å². The SMILES string of the molecule is N=C(N)c1cc(-n2cc(-c3ccccc3)cn2)ccn1. The van der Waals surface area contributed by atoms with E-state index in [1.165, 1.54) is 0 Å². The van der Waals surface area contributed by atoms with Crippen LogP contribution in [0, 0.1) is 5.41 Å². The van der Waals surface area contributed by atoms with Gasteiger partial charge in [0.2, 0.25) is 0 Å². The summed E-state index contributed by atoms with van der Waals surface area (Å²) in [5.74, 6) is -0.0534. The fourth-order valence-corrected chi connectivity index (χ4v) is 1.95. The van der Waals surface area contributed by atoms with Crippen LogP contribution in [0.4, 0.5) is 0 Å². The van der Waals surface area contributed by atoms with Gasteiger partial charge in [-0.3, -0.25) is 10.4 Å². The molecule has 0 radical (unpaired) electrons. The predicted octanol–water partition coefficient (Wildman–Crippen LogP) is 2.22. The molecule has 20 heavy (non-hydrogen) atoms. The maximum Gasteiger partial charge on any atom is 0.141 e. The van der Waals surface area contributed by atoms with Crippen molar-refractivity contribution in [2.24, 2.45) is 5.73 Å². The first-order valence-corrected chi connectivity index (χ1v) is 6.15. The molecule has 0 aliphatic rings. The molecule has 2 heterocycles. The van der Waals surface area contributed by atoms with Gasteiger partial charge in [-0.15, -0.1) is 0 Å². The van der Waals surface area contributed by atoms with Crippen molar-refractivity contribution < 1.29 is 0 Å². The molecule has 0 bridgehead atoms. The first-order chi connectivity index (χ1) is 9.74. The molecule has 5 heteroatoms. The summed E-state index contributed by atoms with van der Waals surface area (Å²) in [7, 11) is 0. The molecule has 0 saturated heterocycles. The van der Waals surface area contributed by atoms with Crippen LogP contribution in [0.25, 0.3) is 16.8 Å². The molecule has 1 aromatic carbocycles. The van der Waals surface area contributed by atoms with E-state index < -0.39 is 0 Å². The molecule has 0 unspecified atom stereocenters. The number of hydrogen-bond acceptors (Lipinski definition) is 3. The molecule has 0 amide bonds. The van der Waals surface area contributed by atoms with Gasteiger partial charge in [-0.25, -0.2) is 4.68 Å². The largest absolute Gasteiger partial charge is 0.382 e. The Bertz CT molecular complexity index is 746. The van der Waals surface area contributed by atoms with E-state index in [4.69, 9.17) is 11.1 Å². The highest BCUT2D eigenvalue weighted by molar-refractivity contribution is 5.93. The second-order valence-corrected chi connectivity index (χ2v) is 4.35. The number of aromatic nitrogens is 3. The van der Waals surface area contributed by atoms with E-state index in [1.807, 2.05) is 48.8 Å². The van der Waals surface area contributed by atoms with E-state index in [0.29, 0.717) is 5.69 Å². The van der Waals surface area contributed by atoms with Crippen molar-refractivity contribution in [1.29, 1.82) is 5.41 Å². The number of amidine groups is 1. The highest BCUT2D eigenvalue weighted by Gasteiger charge is 2.05. The van der Waals surface area contributed by atoms with E-state index in [9.17, 15) is 0 Å². The first-order valence-electron chi connectivity index (χ1n) is 6.15. The topological polar surface area (TPSA) is 80.6 Å². The zero-order valence-corrected chi connectivity index (χ0v) is 10.7. The number of hydrogen-bond donors (Lipinski definition) is 2. The molecule has 3 aromatic rings. The van der Waals surface area contributed by atoms with Crippen LogP contribution in [0.2, 0.25) is 0 Å². The Hall–Kier alpha value is -2.95. The summed E-state index contributed by atoms with van der Waals surface area (Å²) in [4.78, 5) is 4.04. The van der Waals surface area contributed by atoms with Crippen LogP contribution in [0.3, 0.4) is 0 Å². The third kappa shape index (κ3) is 2.29. The zero-order chi connectivity index (χ0) is 13.9. The highest BCUT2D eigenvalue weighted by atomic mass is 15.3. The summed E-state index contributed by atoms with van der Waals surface area (Å²) in [5, 5.41) is 11.8. The third-order valence-electron chi connectivity index (χ3n) is 2.97. The van der Waals surface area contributed by atoms with Gasteiger partial charge in [-0.05, 0) is 17.7 Å². The van der Waals surface area contributed by atoms with Gasteiger partial charge in [0.25, 0.3) is 0 Å². The highest BCUT2D eigenvalue weighted by Crippen LogP contribution is 2.19. The molecule has 0 spiro atoms. The fourth-order valence-electron chi connectivity index (χ4n) is 1.95. The predicted molar refractivity (Wildman–Crippen MR) is 77.8 cm³/mol. The van der Waals surface area contributed by atoms with Gasteiger partial charge in [0, 0.05) is 18.0 Å². The molecule has 0 atom stereocenters. The van der Waals surface area contributed by atoms with Crippen molar-refractivity contribution in [3.63, 3.8) is 0 Å². The maximum atomic E-state index is 7.42. The van der Waals surface area contributed by atoms with Gasteiger partial charge >= 0.3 is 0 Å². The number of nitrogens with zero attached hydrogens (tertiary/aromatic N) is 3. The van der Waals surface area contributed by atoms with Gasteiger partial charge in [0.05, 0.1) is 11.9 Å². The second-order valence-electron chi connectivity index (χ2n) is 4.35. The molecular formula is C15H13N5. The average Bonchev–Trinajstić information content (AvgIpc) is 2.98. The molecule has 0 fully saturated rings. The quantitative estimate of drug-likeness (QED) is 0.561. The third-order valence-corrected chi connectivity index (χ3v) is 2.97. The standard InChI is InChI=1S/C15H13N5/c16-15(17)14-8-13(6-7-18-14)20-10-12(9-19-20)11-4-2-1-3-5-11/h1-10H,(H3,16,17). The van der Waals surface area contributed by atoms with Crippen LogP contribution in [-0.4, -0.2) is 20.6 Å². The molecule has 5 nitrogen and oxygen atoms in total. The number of nitrogens with one attached hydrogen (secondary N) is 1. The Kier molecular flexibility index (Phi) is 3.01. The summed E-state index contributed by atoms with van der Waals surface area (Å²) in [6.45, 7) is 0. The second kappa shape index (κ2) is 4.97. The Morgan fingerprint density at radius 3 is 2.65 bits per heavy atom. The monoisotopic (exact) mass is 263 g/mol. The number of pyridine rings is 1.